The van der Waals surface area contributed by atoms with Crippen LogP contribution in [0.3, 0.4) is 0 Å². The molecule has 0 saturated carbocycles. The van der Waals surface area contributed by atoms with E-state index in [0.29, 0.717) is 5.75 Å². The topological polar surface area (TPSA) is 75.3 Å². The highest BCUT2D eigenvalue weighted by Gasteiger charge is 2.28. The SMILES string of the molecule is CSCCC(NS(=O)(=O)c1ccccc1F)C(=O)NC(C)c1cc(F)c(Cl)cc1Cl. The number of nitrogens with one attached hydrogen (secondary N) is 2. The van der Waals surface area contributed by atoms with E-state index in [9.17, 15) is 22.0 Å². The third-order valence-corrected chi connectivity index (χ3v) is 6.98. The van der Waals surface area contributed by atoms with Crippen molar-refractivity contribution in [1.82, 2.24) is 10.0 Å². The smallest absolute Gasteiger partial charge is 0.244 e. The first-order valence-corrected chi connectivity index (χ1v) is 12.4. The maximum absolute atomic E-state index is 14.0. The molecule has 0 spiro atoms. The van der Waals surface area contributed by atoms with Gasteiger partial charge < -0.3 is 5.32 Å². The molecule has 0 bridgehead atoms. The summed E-state index contributed by atoms with van der Waals surface area (Å²) in [6.45, 7) is 1.57. The fraction of sp³-hybridized carbons (Fsp3) is 0.316. The van der Waals surface area contributed by atoms with Crippen LogP contribution < -0.4 is 10.0 Å². The summed E-state index contributed by atoms with van der Waals surface area (Å²) in [4.78, 5) is 12.2. The molecule has 0 aliphatic carbocycles. The molecule has 0 radical (unpaired) electrons. The summed E-state index contributed by atoms with van der Waals surface area (Å²) < 4.78 is 55.2. The largest absolute Gasteiger partial charge is 0.348 e. The Morgan fingerprint density at radius 3 is 2.43 bits per heavy atom. The van der Waals surface area contributed by atoms with Crippen molar-refractivity contribution in [2.24, 2.45) is 0 Å². The van der Waals surface area contributed by atoms with E-state index in [2.05, 4.69) is 10.0 Å². The molecule has 2 aromatic rings. The lowest BCUT2D eigenvalue weighted by Crippen LogP contribution is -2.47. The number of halogens is 4. The second kappa shape index (κ2) is 10.8. The monoisotopic (exact) mass is 496 g/mol. The van der Waals surface area contributed by atoms with Gasteiger partial charge in [-0.25, -0.2) is 17.2 Å². The summed E-state index contributed by atoms with van der Waals surface area (Å²) in [6, 6.07) is 5.31. The minimum atomic E-state index is -4.29. The summed E-state index contributed by atoms with van der Waals surface area (Å²) in [6.07, 6.45) is 1.97. The third kappa shape index (κ3) is 6.31. The van der Waals surface area contributed by atoms with Gasteiger partial charge in [0, 0.05) is 5.02 Å². The summed E-state index contributed by atoms with van der Waals surface area (Å²) in [5.74, 6) is -1.80. The quantitative estimate of drug-likeness (QED) is 0.499. The van der Waals surface area contributed by atoms with Crippen LogP contribution in [0.25, 0.3) is 0 Å². The molecule has 11 heteroatoms. The second-order valence-corrected chi connectivity index (χ2v) is 9.89. The van der Waals surface area contributed by atoms with E-state index in [0.717, 1.165) is 18.2 Å². The molecular weight excluding hydrogens is 477 g/mol. The van der Waals surface area contributed by atoms with Gasteiger partial charge in [-0.1, -0.05) is 35.3 Å². The molecule has 2 atom stereocenters. The highest BCUT2D eigenvalue weighted by molar-refractivity contribution is 7.98. The van der Waals surface area contributed by atoms with E-state index >= 15 is 0 Å². The first-order chi connectivity index (χ1) is 14.1. The van der Waals surface area contributed by atoms with Crippen LogP contribution in [0.4, 0.5) is 8.78 Å². The van der Waals surface area contributed by atoms with Gasteiger partial charge in [-0.3, -0.25) is 4.79 Å². The molecule has 0 heterocycles. The maximum Gasteiger partial charge on any atom is 0.244 e. The van der Waals surface area contributed by atoms with Crippen molar-refractivity contribution in [3.63, 3.8) is 0 Å². The van der Waals surface area contributed by atoms with Crippen LogP contribution in [0.5, 0.6) is 0 Å². The summed E-state index contributed by atoms with van der Waals surface area (Å²) in [5.41, 5.74) is 0.285. The number of hydrogen-bond acceptors (Lipinski definition) is 4. The lowest BCUT2D eigenvalue weighted by atomic mass is 10.1. The average molecular weight is 497 g/mol. The first-order valence-electron chi connectivity index (χ1n) is 8.77. The minimum Gasteiger partial charge on any atom is -0.348 e. The van der Waals surface area contributed by atoms with Gasteiger partial charge in [-0.2, -0.15) is 16.5 Å². The molecule has 0 aliphatic heterocycles. The highest BCUT2D eigenvalue weighted by atomic mass is 35.5. The van der Waals surface area contributed by atoms with Crippen LogP contribution in [0, 0.1) is 11.6 Å². The van der Waals surface area contributed by atoms with Gasteiger partial charge in [0.15, 0.2) is 0 Å². The molecule has 30 heavy (non-hydrogen) atoms. The minimum absolute atomic E-state index is 0.154. The van der Waals surface area contributed by atoms with E-state index in [1.54, 1.807) is 13.2 Å². The first kappa shape index (κ1) is 24.9. The zero-order chi connectivity index (χ0) is 22.5. The van der Waals surface area contributed by atoms with Crippen molar-refractivity contribution in [3.05, 3.63) is 63.6 Å². The van der Waals surface area contributed by atoms with Crippen molar-refractivity contribution in [1.29, 1.82) is 0 Å². The van der Waals surface area contributed by atoms with E-state index in [1.165, 1.54) is 30.0 Å². The highest BCUT2D eigenvalue weighted by Crippen LogP contribution is 2.28. The molecule has 2 unspecified atom stereocenters. The summed E-state index contributed by atoms with van der Waals surface area (Å²) >= 11 is 13.2. The third-order valence-electron chi connectivity index (χ3n) is 4.22. The van der Waals surface area contributed by atoms with E-state index in [-0.39, 0.29) is 22.0 Å². The zero-order valence-corrected chi connectivity index (χ0v) is 19.2. The Kier molecular flexibility index (Phi) is 8.93. The number of amides is 1. The van der Waals surface area contributed by atoms with Gasteiger partial charge in [0.2, 0.25) is 15.9 Å². The van der Waals surface area contributed by atoms with Gasteiger partial charge in [-0.15, -0.1) is 0 Å². The number of hydrogen-bond donors (Lipinski definition) is 2. The molecule has 2 N–H and O–H groups in total. The van der Waals surface area contributed by atoms with Gasteiger partial charge in [0.05, 0.1) is 11.1 Å². The van der Waals surface area contributed by atoms with Gasteiger partial charge in [0.1, 0.15) is 22.6 Å². The van der Waals surface area contributed by atoms with Gasteiger partial charge in [-0.05, 0) is 55.2 Å². The van der Waals surface area contributed by atoms with Crippen molar-refractivity contribution >= 4 is 50.9 Å². The second-order valence-electron chi connectivity index (χ2n) is 6.40. The average Bonchev–Trinajstić information content (AvgIpc) is 2.67. The summed E-state index contributed by atoms with van der Waals surface area (Å²) in [7, 11) is -4.29. The molecule has 164 valence electrons. The lowest BCUT2D eigenvalue weighted by Gasteiger charge is -2.22. The van der Waals surface area contributed by atoms with Crippen molar-refractivity contribution in [3.8, 4) is 0 Å². The molecule has 0 saturated heterocycles. The van der Waals surface area contributed by atoms with Crippen LogP contribution in [0.2, 0.25) is 10.0 Å². The number of carbonyl (C=O) groups is 1. The maximum atomic E-state index is 14.0. The number of benzene rings is 2. The van der Waals surface area contributed by atoms with E-state index in [1.807, 2.05) is 0 Å². The standard InChI is InChI=1S/C19H20Cl2F2N2O3S2/c1-11(12-9-16(23)14(21)10-13(12)20)24-19(26)17(7-8-29-2)25-30(27,28)18-6-4-3-5-15(18)22/h3-6,9-11,17,25H,7-8H2,1-2H3,(H,24,26). The lowest BCUT2D eigenvalue weighted by molar-refractivity contribution is -0.123. The Morgan fingerprint density at radius 2 is 1.80 bits per heavy atom. The molecule has 0 aliphatic rings. The predicted octanol–water partition coefficient (Wildman–Crippen LogP) is 4.55. The Balaban J connectivity index is 2.23. The normalized spacial score (nSPS) is 13.7. The van der Waals surface area contributed by atoms with Crippen LogP contribution in [-0.4, -0.2) is 32.4 Å². The zero-order valence-electron chi connectivity index (χ0n) is 16.1. The molecule has 0 fully saturated rings. The fourth-order valence-electron chi connectivity index (χ4n) is 2.65. The Morgan fingerprint density at radius 1 is 1.13 bits per heavy atom. The number of thioether (sulfide) groups is 1. The molecule has 2 rings (SSSR count). The van der Waals surface area contributed by atoms with Crippen LogP contribution in [0.15, 0.2) is 41.3 Å². The fourth-order valence-corrected chi connectivity index (χ4v) is 4.98. The van der Waals surface area contributed by atoms with Crippen molar-refractivity contribution in [2.75, 3.05) is 12.0 Å². The Hall–Kier alpha value is -1.39. The molecule has 1 amide bonds. The number of sulfonamides is 1. The Bertz CT molecular complexity index is 1020. The predicted molar refractivity (Wildman–Crippen MR) is 116 cm³/mol. The van der Waals surface area contributed by atoms with Crippen molar-refractivity contribution in [2.45, 2.75) is 30.3 Å². The Labute approximate surface area is 188 Å². The van der Waals surface area contributed by atoms with Crippen LogP contribution in [-0.2, 0) is 14.8 Å². The van der Waals surface area contributed by atoms with E-state index < -0.39 is 44.5 Å². The van der Waals surface area contributed by atoms with Crippen molar-refractivity contribution < 1.29 is 22.0 Å². The number of rotatable bonds is 9. The van der Waals surface area contributed by atoms with Gasteiger partial charge in [0.25, 0.3) is 0 Å². The van der Waals surface area contributed by atoms with Crippen LogP contribution in [0.1, 0.15) is 24.9 Å². The summed E-state index contributed by atoms with van der Waals surface area (Å²) in [5, 5.41) is 2.62. The molecule has 0 aromatic heterocycles. The van der Waals surface area contributed by atoms with Crippen LogP contribution >= 0.6 is 35.0 Å². The van der Waals surface area contributed by atoms with E-state index in [4.69, 9.17) is 23.2 Å². The molecule has 2 aromatic carbocycles. The molecular formula is C19H20Cl2F2N2O3S2. The van der Waals surface area contributed by atoms with Gasteiger partial charge >= 0.3 is 0 Å². The number of carbonyl (C=O) groups excluding carboxylic acids is 1. The molecule has 5 nitrogen and oxygen atoms in total.